The lowest BCUT2D eigenvalue weighted by atomic mass is 9.98. The Hall–Kier alpha value is -1.60. The Balaban J connectivity index is 2.11. The van der Waals surface area contributed by atoms with Crippen molar-refractivity contribution >= 4 is 27.8 Å². The van der Waals surface area contributed by atoms with E-state index in [0.29, 0.717) is 17.9 Å². The Bertz CT molecular complexity index is 554. The summed E-state index contributed by atoms with van der Waals surface area (Å²) in [5, 5.41) is 11.9. The van der Waals surface area contributed by atoms with Crippen molar-refractivity contribution in [2.45, 2.75) is 18.4 Å². The monoisotopic (exact) mass is 357 g/mol. The zero-order valence-corrected chi connectivity index (χ0v) is 13.1. The van der Waals surface area contributed by atoms with E-state index in [1.807, 2.05) is 6.07 Å². The second kappa shape index (κ2) is 6.44. The number of carboxylic acids is 1. The smallest absolute Gasteiger partial charge is 0.331 e. The van der Waals surface area contributed by atoms with E-state index >= 15 is 0 Å². The highest BCUT2D eigenvalue weighted by atomic mass is 79.9. The Morgan fingerprint density at radius 3 is 2.86 bits per heavy atom. The number of carbonyl (C=O) groups is 2. The van der Waals surface area contributed by atoms with Crippen LogP contribution in [0.1, 0.15) is 12.0 Å². The number of benzene rings is 1. The summed E-state index contributed by atoms with van der Waals surface area (Å²) in [5.41, 5.74) is -0.639. The number of carboxylic acid groups (broad SMARTS) is 1. The number of aliphatic carboxylic acids is 1. The molecule has 2 N–H and O–H groups in total. The van der Waals surface area contributed by atoms with Gasteiger partial charge in [0.2, 0.25) is 5.91 Å². The lowest BCUT2D eigenvalue weighted by molar-refractivity contribution is -0.147. The predicted octanol–water partition coefficient (Wildman–Crippen LogP) is 1.36. The van der Waals surface area contributed by atoms with Crippen molar-refractivity contribution in [2.75, 3.05) is 20.3 Å². The molecule has 7 heteroatoms. The molecule has 1 saturated heterocycles. The van der Waals surface area contributed by atoms with Crippen LogP contribution in [-0.4, -0.2) is 42.8 Å². The summed E-state index contributed by atoms with van der Waals surface area (Å²) in [4.78, 5) is 23.5. The third-order valence-electron chi connectivity index (χ3n) is 3.40. The molecule has 6 nitrogen and oxygen atoms in total. The molecule has 1 unspecified atom stereocenters. The fraction of sp³-hybridized carbons (Fsp3) is 0.429. The van der Waals surface area contributed by atoms with Crippen molar-refractivity contribution in [3.05, 3.63) is 28.2 Å². The molecule has 2 rings (SSSR count). The predicted molar refractivity (Wildman–Crippen MR) is 78.3 cm³/mol. The zero-order valence-electron chi connectivity index (χ0n) is 11.5. The third kappa shape index (κ3) is 3.54. The topological polar surface area (TPSA) is 84.9 Å². The SMILES string of the molecule is COc1ccc(Br)cc1CC(=O)NC1(C(=O)O)CCOC1. The highest BCUT2D eigenvalue weighted by molar-refractivity contribution is 9.10. The summed E-state index contributed by atoms with van der Waals surface area (Å²) in [6.07, 6.45) is 0.307. The van der Waals surface area contributed by atoms with Crippen LogP contribution in [0.4, 0.5) is 0 Å². The molecule has 0 radical (unpaired) electrons. The average molecular weight is 358 g/mol. The Morgan fingerprint density at radius 1 is 1.52 bits per heavy atom. The first kappa shape index (κ1) is 15.8. The maximum Gasteiger partial charge on any atom is 0.331 e. The molecule has 1 aromatic rings. The zero-order chi connectivity index (χ0) is 15.5. The van der Waals surface area contributed by atoms with E-state index in [1.165, 1.54) is 7.11 Å². The first-order valence-electron chi connectivity index (χ1n) is 6.41. The van der Waals surface area contributed by atoms with Gasteiger partial charge in [-0.2, -0.15) is 0 Å². The van der Waals surface area contributed by atoms with E-state index in [9.17, 15) is 14.7 Å². The Morgan fingerprint density at radius 2 is 2.29 bits per heavy atom. The quantitative estimate of drug-likeness (QED) is 0.830. The Labute approximate surface area is 130 Å². The van der Waals surface area contributed by atoms with E-state index in [2.05, 4.69) is 21.2 Å². The lowest BCUT2D eigenvalue weighted by Gasteiger charge is -2.23. The van der Waals surface area contributed by atoms with Crippen molar-refractivity contribution in [3.8, 4) is 5.75 Å². The highest BCUT2D eigenvalue weighted by Crippen LogP contribution is 2.24. The summed E-state index contributed by atoms with van der Waals surface area (Å²) < 4.78 is 11.1. The van der Waals surface area contributed by atoms with Gasteiger partial charge in [0.05, 0.1) is 20.1 Å². The van der Waals surface area contributed by atoms with Crippen LogP contribution in [0.3, 0.4) is 0 Å². The van der Waals surface area contributed by atoms with Crippen LogP contribution in [0.2, 0.25) is 0 Å². The van der Waals surface area contributed by atoms with Crippen molar-refractivity contribution in [2.24, 2.45) is 0 Å². The molecule has 0 saturated carbocycles. The number of rotatable bonds is 5. The summed E-state index contributed by atoms with van der Waals surface area (Å²) in [6.45, 7) is 0.316. The molecular weight excluding hydrogens is 342 g/mol. The molecule has 1 aliphatic heterocycles. The molecular formula is C14H16BrNO5. The molecule has 1 fully saturated rings. The van der Waals surface area contributed by atoms with Gasteiger partial charge < -0.3 is 19.9 Å². The molecule has 1 heterocycles. The maximum absolute atomic E-state index is 12.2. The minimum atomic E-state index is -1.32. The van der Waals surface area contributed by atoms with Crippen molar-refractivity contribution in [3.63, 3.8) is 0 Å². The Kier molecular flexibility index (Phi) is 4.84. The summed E-state index contributed by atoms with van der Waals surface area (Å²) >= 11 is 3.34. The molecule has 0 aliphatic carbocycles. The number of amides is 1. The van der Waals surface area contributed by atoms with Gasteiger partial charge in [-0.05, 0) is 18.2 Å². The van der Waals surface area contributed by atoms with Crippen LogP contribution in [0.5, 0.6) is 5.75 Å². The van der Waals surface area contributed by atoms with Gasteiger partial charge in [0.25, 0.3) is 0 Å². The second-order valence-corrected chi connectivity index (χ2v) is 5.79. The summed E-state index contributed by atoms with van der Waals surface area (Å²) in [5.74, 6) is -0.866. The van der Waals surface area contributed by atoms with Gasteiger partial charge in [-0.3, -0.25) is 4.79 Å². The average Bonchev–Trinajstić information content (AvgIpc) is 2.88. The molecule has 1 atom stereocenters. The van der Waals surface area contributed by atoms with E-state index in [-0.39, 0.29) is 25.4 Å². The molecule has 0 aromatic heterocycles. The van der Waals surface area contributed by atoms with E-state index in [4.69, 9.17) is 9.47 Å². The fourth-order valence-electron chi connectivity index (χ4n) is 2.26. The fourth-order valence-corrected chi connectivity index (χ4v) is 2.66. The standard InChI is InChI=1S/C14H16BrNO5/c1-20-11-3-2-10(15)6-9(11)7-12(17)16-14(13(18)19)4-5-21-8-14/h2-3,6H,4-5,7-8H2,1H3,(H,16,17)(H,18,19). The van der Waals surface area contributed by atoms with Gasteiger partial charge in [0, 0.05) is 23.1 Å². The second-order valence-electron chi connectivity index (χ2n) is 4.87. The van der Waals surface area contributed by atoms with E-state index < -0.39 is 11.5 Å². The number of carbonyl (C=O) groups excluding carboxylic acids is 1. The van der Waals surface area contributed by atoms with Crippen LogP contribution in [0, 0.1) is 0 Å². The van der Waals surface area contributed by atoms with Gasteiger partial charge in [-0.1, -0.05) is 15.9 Å². The number of methoxy groups -OCH3 is 1. The summed E-state index contributed by atoms with van der Waals surface area (Å²) in [6, 6.07) is 5.33. The highest BCUT2D eigenvalue weighted by Gasteiger charge is 2.43. The number of ether oxygens (including phenoxy) is 2. The van der Waals surface area contributed by atoms with Crippen LogP contribution >= 0.6 is 15.9 Å². The third-order valence-corrected chi connectivity index (χ3v) is 3.90. The van der Waals surface area contributed by atoms with Crippen LogP contribution in [0.15, 0.2) is 22.7 Å². The van der Waals surface area contributed by atoms with Crippen LogP contribution in [0.25, 0.3) is 0 Å². The molecule has 21 heavy (non-hydrogen) atoms. The van der Waals surface area contributed by atoms with E-state index in [0.717, 1.165) is 4.47 Å². The molecule has 0 bridgehead atoms. The molecule has 1 aromatic carbocycles. The molecule has 1 aliphatic rings. The van der Waals surface area contributed by atoms with Gasteiger partial charge in [0.1, 0.15) is 5.75 Å². The van der Waals surface area contributed by atoms with Crippen LogP contribution in [-0.2, 0) is 20.7 Å². The number of nitrogens with one attached hydrogen (secondary N) is 1. The maximum atomic E-state index is 12.2. The van der Waals surface area contributed by atoms with Crippen molar-refractivity contribution in [1.29, 1.82) is 0 Å². The number of halogens is 1. The van der Waals surface area contributed by atoms with E-state index in [1.54, 1.807) is 12.1 Å². The minimum Gasteiger partial charge on any atom is -0.496 e. The van der Waals surface area contributed by atoms with Crippen molar-refractivity contribution < 1.29 is 24.2 Å². The minimum absolute atomic E-state index is 0.0102. The summed E-state index contributed by atoms with van der Waals surface area (Å²) in [7, 11) is 1.52. The first-order chi connectivity index (χ1) is 9.97. The molecule has 0 spiro atoms. The normalized spacial score (nSPS) is 21.0. The van der Waals surface area contributed by atoms with Crippen molar-refractivity contribution in [1.82, 2.24) is 5.32 Å². The van der Waals surface area contributed by atoms with Crippen LogP contribution < -0.4 is 10.1 Å². The number of hydrogen-bond donors (Lipinski definition) is 2. The largest absolute Gasteiger partial charge is 0.496 e. The first-order valence-corrected chi connectivity index (χ1v) is 7.21. The van der Waals surface area contributed by atoms with Gasteiger partial charge in [-0.15, -0.1) is 0 Å². The van der Waals surface area contributed by atoms with Gasteiger partial charge in [0.15, 0.2) is 5.54 Å². The van der Waals surface area contributed by atoms with Gasteiger partial charge >= 0.3 is 5.97 Å². The molecule has 114 valence electrons. The molecule has 1 amide bonds. The number of hydrogen-bond acceptors (Lipinski definition) is 4. The lowest BCUT2D eigenvalue weighted by Crippen LogP contribution is -2.55. The van der Waals surface area contributed by atoms with Gasteiger partial charge in [-0.25, -0.2) is 4.79 Å².